The topological polar surface area (TPSA) is 228 Å². The van der Waals surface area contributed by atoms with Gasteiger partial charge < -0.3 is 61.1 Å². The number of anilines is 2. The molecule has 4 aliphatic heterocycles. The highest BCUT2D eigenvalue weighted by molar-refractivity contribution is 6.34. The molecule has 4 aliphatic rings. The first-order valence-corrected chi connectivity index (χ1v) is 20.5. The van der Waals surface area contributed by atoms with Gasteiger partial charge in [-0.2, -0.15) is 0 Å². The number of ether oxygens (including phenoxy) is 4. The summed E-state index contributed by atoms with van der Waals surface area (Å²) in [6.07, 6.45) is 6.68. The van der Waals surface area contributed by atoms with Crippen molar-refractivity contribution in [1.82, 2.24) is 20.4 Å². The van der Waals surface area contributed by atoms with Crippen LogP contribution < -0.4 is 31.6 Å². The molecule has 0 unspecified atom stereocenters. The summed E-state index contributed by atoms with van der Waals surface area (Å²) in [5, 5.41) is 22.9. The van der Waals surface area contributed by atoms with E-state index in [0.717, 1.165) is 102 Å². The smallest absolute Gasteiger partial charge is 0.303 e. The molecule has 2 amide bonds. The summed E-state index contributed by atoms with van der Waals surface area (Å²) >= 11 is 12.4. The Morgan fingerprint density at radius 1 is 0.707 bits per heavy atom. The largest absolute Gasteiger partial charge is 0.492 e. The average Bonchev–Trinajstić information content (AvgIpc) is 3.91. The zero-order valence-corrected chi connectivity index (χ0v) is 34.9. The molecule has 4 heterocycles. The highest BCUT2D eigenvalue weighted by Crippen LogP contribution is 2.40. The number of benzene rings is 2. The zero-order valence-electron chi connectivity index (χ0n) is 33.4. The summed E-state index contributed by atoms with van der Waals surface area (Å²) in [5.41, 5.74) is 15.7. The van der Waals surface area contributed by atoms with Gasteiger partial charge >= 0.3 is 11.9 Å². The van der Waals surface area contributed by atoms with E-state index in [1.807, 2.05) is 0 Å². The number of hydrogen-bond acceptors (Lipinski definition) is 12. The number of rotatable bonds is 15. The SMILES string of the molecule is COCCCN1CCC(NC(=O)c2cc(Cl)c(N)c3c2OCC3)CC1.COCCCN1CCC(NC(=O)c2cc(Cl)c(N)c3c2OCC3)CC1.O=C(O)CCC(=O)O. The van der Waals surface area contributed by atoms with Gasteiger partial charge in [-0.1, -0.05) is 23.2 Å². The minimum Gasteiger partial charge on any atom is -0.492 e. The van der Waals surface area contributed by atoms with Crippen molar-refractivity contribution in [1.29, 1.82) is 0 Å². The summed E-state index contributed by atoms with van der Waals surface area (Å²) in [6.45, 7) is 8.72. The second-order valence-corrected chi connectivity index (χ2v) is 15.4. The van der Waals surface area contributed by atoms with E-state index in [0.29, 0.717) is 70.1 Å². The van der Waals surface area contributed by atoms with Crippen molar-refractivity contribution in [3.8, 4) is 11.5 Å². The van der Waals surface area contributed by atoms with Crippen LogP contribution in [0.15, 0.2) is 12.1 Å². The Balaban J connectivity index is 0.000000217. The summed E-state index contributed by atoms with van der Waals surface area (Å²) < 4.78 is 21.4. The van der Waals surface area contributed by atoms with Crippen LogP contribution in [0.4, 0.5) is 11.4 Å². The Hall–Kier alpha value is -4.06. The van der Waals surface area contributed by atoms with Gasteiger partial charge in [0.25, 0.3) is 11.8 Å². The molecule has 18 heteroatoms. The number of nitrogens with one attached hydrogen (secondary N) is 2. The van der Waals surface area contributed by atoms with Crippen molar-refractivity contribution in [2.24, 2.45) is 0 Å². The van der Waals surface area contributed by atoms with E-state index in [4.69, 9.17) is 63.8 Å². The van der Waals surface area contributed by atoms with Crippen LogP contribution >= 0.6 is 23.2 Å². The third-order valence-corrected chi connectivity index (χ3v) is 11.1. The highest BCUT2D eigenvalue weighted by Gasteiger charge is 2.29. The standard InChI is InChI=1S/2C18H26ClN3O3.C4H6O4/c2*1-24-9-2-6-22-7-3-12(4-8-22)21-18(23)14-11-15(19)16(20)13-5-10-25-17(13)14;5-3(6)1-2-4(7)8/h2*11-12H,2-10,20H2,1H3,(H,21,23);1-2H2,(H,5,6)(H,7,8). The maximum atomic E-state index is 12.7. The molecule has 0 bridgehead atoms. The van der Waals surface area contributed by atoms with E-state index in [9.17, 15) is 19.2 Å². The van der Waals surface area contributed by atoms with Gasteiger partial charge in [0.1, 0.15) is 11.5 Å². The first kappa shape index (κ1) is 46.6. The average molecular weight is 854 g/mol. The van der Waals surface area contributed by atoms with Crippen molar-refractivity contribution in [2.45, 2.75) is 76.3 Å². The molecule has 2 aromatic rings. The van der Waals surface area contributed by atoms with Crippen molar-refractivity contribution in [3.63, 3.8) is 0 Å². The lowest BCUT2D eigenvalue weighted by Gasteiger charge is -2.32. The first-order chi connectivity index (χ1) is 27.8. The summed E-state index contributed by atoms with van der Waals surface area (Å²) in [6, 6.07) is 3.60. The number of hydrogen-bond donors (Lipinski definition) is 6. The fourth-order valence-electron chi connectivity index (χ4n) is 7.28. The quantitative estimate of drug-likeness (QED) is 0.110. The van der Waals surface area contributed by atoms with Crippen molar-refractivity contribution in [2.75, 3.05) is 91.4 Å². The van der Waals surface area contributed by atoms with E-state index in [2.05, 4.69) is 20.4 Å². The van der Waals surface area contributed by atoms with Crippen LogP contribution in [0, 0.1) is 0 Å². The Kier molecular flexibility index (Phi) is 18.9. The predicted molar refractivity (Wildman–Crippen MR) is 221 cm³/mol. The van der Waals surface area contributed by atoms with Gasteiger partial charge in [0, 0.05) is 103 Å². The summed E-state index contributed by atoms with van der Waals surface area (Å²) in [5.74, 6) is -1.22. The van der Waals surface area contributed by atoms with Gasteiger partial charge in [-0.15, -0.1) is 0 Å². The number of nitrogen functional groups attached to an aromatic ring is 2. The molecule has 58 heavy (non-hydrogen) atoms. The lowest BCUT2D eigenvalue weighted by Crippen LogP contribution is -2.45. The molecule has 8 N–H and O–H groups in total. The normalized spacial score (nSPS) is 16.7. The van der Waals surface area contributed by atoms with Crippen LogP contribution in [0.2, 0.25) is 10.0 Å². The fourth-order valence-corrected chi connectivity index (χ4v) is 7.73. The van der Waals surface area contributed by atoms with Crippen LogP contribution in [0.1, 0.15) is 83.2 Å². The number of likely N-dealkylation sites (tertiary alicyclic amines) is 2. The van der Waals surface area contributed by atoms with Crippen molar-refractivity contribution in [3.05, 3.63) is 44.4 Å². The predicted octanol–water partition coefficient (Wildman–Crippen LogP) is 4.11. The van der Waals surface area contributed by atoms with Gasteiger partial charge in [-0.05, 0) is 50.7 Å². The number of aliphatic carboxylic acids is 2. The number of methoxy groups -OCH3 is 2. The van der Waals surface area contributed by atoms with E-state index in [1.165, 1.54) is 0 Å². The van der Waals surface area contributed by atoms with Gasteiger partial charge in [0.15, 0.2) is 0 Å². The van der Waals surface area contributed by atoms with E-state index >= 15 is 0 Å². The Bertz CT molecular complexity index is 1590. The minimum atomic E-state index is -1.08. The second kappa shape index (κ2) is 23.5. The molecule has 2 fully saturated rings. The Labute approximate surface area is 349 Å². The molecule has 16 nitrogen and oxygen atoms in total. The van der Waals surface area contributed by atoms with E-state index < -0.39 is 11.9 Å². The molecule has 6 rings (SSSR count). The lowest BCUT2D eigenvalue weighted by molar-refractivity contribution is -0.143. The number of carboxylic acid groups (broad SMARTS) is 2. The maximum absolute atomic E-state index is 12.7. The molecule has 0 saturated carbocycles. The van der Waals surface area contributed by atoms with E-state index in [-0.39, 0.29) is 36.7 Å². The summed E-state index contributed by atoms with van der Waals surface area (Å²) in [4.78, 5) is 49.5. The number of halogens is 2. The number of nitrogens with zero attached hydrogens (tertiary/aromatic N) is 2. The monoisotopic (exact) mass is 852 g/mol. The molecule has 2 aromatic carbocycles. The molecule has 2 saturated heterocycles. The van der Waals surface area contributed by atoms with Gasteiger partial charge in [-0.3, -0.25) is 19.2 Å². The molecule has 0 atom stereocenters. The number of carbonyl (C=O) groups is 4. The first-order valence-electron chi connectivity index (χ1n) is 19.8. The van der Waals surface area contributed by atoms with Crippen LogP contribution in [-0.4, -0.2) is 136 Å². The summed E-state index contributed by atoms with van der Waals surface area (Å²) in [7, 11) is 3.46. The molecule has 0 aliphatic carbocycles. The minimum absolute atomic E-state index is 0.127. The number of fused-ring (bicyclic) bond motifs is 2. The fraction of sp³-hybridized carbons (Fsp3) is 0.600. The number of carboxylic acids is 2. The number of nitrogens with two attached hydrogens (primary N) is 2. The van der Waals surface area contributed by atoms with Crippen molar-refractivity contribution < 1.29 is 48.3 Å². The Morgan fingerprint density at radius 2 is 1.07 bits per heavy atom. The molecule has 322 valence electrons. The van der Waals surface area contributed by atoms with E-state index in [1.54, 1.807) is 26.4 Å². The third kappa shape index (κ3) is 13.8. The van der Waals surface area contributed by atoms with Gasteiger partial charge in [0.05, 0.1) is 58.6 Å². The number of carbonyl (C=O) groups excluding carboxylic acids is 2. The van der Waals surface area contributed by atoms with Crippen LogP contribution in [0.5, 0.6) is 11.5 Å². The molecule has 0 aromatic heterocycles. The molecular formula is C40H58Cl2N6O10. The zero-order chi connectivity index (χ0) is 42.2. The Morgan fingerprint density at radius 3 is 1.40 bits per heavy atom. The lowest BCUT2D eigenvalue weighted by atomic mass is 10.0. The number of piperidine rings is 2. The van der Waals surface area contributed by atoms with Crippen molar-refractivity contribution >= 4 is 58.3 Å². The highest BCUT2D eigenvalue weighted by atomic mass is 35.5. The molecule has 0 spiro atoms. The third-order valence-electron chi connectivity index (χ3n) is 10.5. The van der Waals surface area contributed by atoms with Crippen LogP contribution in [0.25, 0.3) is 0 Å². The van der Waals surface area contributed by atoms with Gasteiger partial charge in [-0.25, -0.2) is 0 Å². The van der Waals surface area contributed by atoms with Gasteiger partial charge in [0.2, 0.25) is 0 Å². The van der Waals surface area contributed by atoms with Crippen LogP contribution in [-0.2, 0) is 31.9 Å². The second-order valence-electron chi connectivity index (χ2n) is 14.6. The maximum Gasteiger partial charge on any atom is 0.303 e. The van der Waals surface area contributed by atoms with Crippen LogP contribution in [0.3, 0.4) is 0 Å². The molecule has 0 radical (unpaired) electrons. The molecular weight excluding hydrogens is 795 g/mol. The number of amides is 2.